The zero-order valence-corrected chi connectivity index (χ0v) is 14.3. The molecule has 0 heterocycles. The van der Waals surface area contributed by atoms with Crippen LogP contribution in [-0.2, 0) is 10.1 Å². The minimum atomic E-state index is -4.02. The fourth-order valence-corrected chi connectivity index (χ4v) is 2.85. The number of allylic oxidation sites excluding steroid dienone is 3. The van der Waals surface area contributed by atoms with Crippen molar-refractivity contribution in [2.24, 2.45) is 5.92 Å². The lowest BCUT2D eigenvalue weighted by Gasteiger charge is -2.19. The summed E-state index contributed by atoms with van der Waals surface area (Å²) in [5, 5.41) is 0. The van der Waals surface area contributed by atoms with Crippen molar-refractivity contribution in [3.8, 4) is 0 Å². The molecule has 1 atom stereocenters. The zero-order chi connectivity index (χ0) is 17.7. The second-order valence-electron chi connectivity index (χ2n) is 5.52. The van der Waals surface area contributed by atoms with Gasteiger partial charge in [0.1, 0.15) is 0 Å². The highest BCUT2D eigenvalue weighted by molar-refractivity contribution is 7.85. The van der Waals surface area contributed by atoms with E-state index in [1.54, 1.807) is 12.1 Å². The summed E-state index contributed by atoms with van der Waals surface area (Å²) in [4.78, 5) is -0.0666. The molecule has 124 valence electrons. The highest BCUT2D eigenvalue weighted by Gasteiger charge is 2.14. The first-order valence-electron chi connectivity index (χ1n) is 7.46. The Hall–Kier alpha value is -2.43. The Bertz CT molecular complexity index is 875. The SMILES string of the molecule is C=CC1C=Cc2ccccc2C1=C.Cc1ccc(S(=O)(=O)O)cc1. The summed E-state index contributed by atoms with van der Waals surface area (Å²) in [5.74, 6) is 0.301. The first-order chi connectivity index (χ1) is 11.3. The minimum absolute atomic E-state index is 0.0666. The maximum atomic E-state index is 10.5. The summed E-state index contributed by atoms with van der Waals surface area (Å²) in [6.45, 7) is 9.72. The predicted octanol–water partition coefficient (Wildman–Crippen LogP) is 4.77. The van der Waals surface area contributed by atoms with E-state index in [1.165, 1.54) is 23.3 Å². The largest absolute Gasteiger partial charge is 0.294 e. The van der Waals surface area contributed by atoms with Gasteiger partial charge in [0.2, 0.25) is 0 Å². The van der Waals surface area contributed by atoms with Crippen LogP contribution in [0.25, 0.3) is 11.6 Å². The van der Waals surface area contributed by atoms with Gasteiger partial charge in [0.25, 0.3) is 10.1 Å². The van der Waals surface area contributed by atoms with Crippen molar-refractivity contribution >= 4 is 21.8 Å². The molecule has 0 aromatic heterocycles. The van der Waals surface area contributed by atoms with Crippen LogP contribution in [0.4, 0.5) is 0 Å². The molecule has 0 bridgehead atoms. The van der Waals surface area contributed by atoms with Crippen LogP contribution in [0.15, 0.2) is 78.7 Å². The van der Waals surface area contributed by atoms with Crippen LogP contribution in [0.2, 0.25) is 0 Å². The average molecular weight is 340 g/mol. The van der Waals surface area contributed by atoms with E-state index in [1.807, 2.05) is 25.1 Å². The van der Waals surface area contributed by atoms with Crippen molar-refractivity contribution in [1.29, 1.82) is 0 Å². The minimum Gasteiger partial charge on any atom is -0.282 e. The number of rotatable bonds is 2. The molecule has 1 aliphatic rings. The molecular weight excluding hydrogens is 320 g/mol. The zero-order valence-electron chi connectivity index (χ0n) is 13.5. The quantitative estimate of drug-likeness (QED) is 0.633. The van der Waals surface area contributed by atoms with Crippen molar-refractivity contribution in [1.82, 2.24) is 0 Å². The van der Waals surface area contributed by atoms with Gasteiger partial charge in [-0.25, -0.2) is 0 Å². The Morgan fingerprint density at radius 2 is 1.71 bits per heavy atom. The van der Waals surface area contributed by atoms with E-state index in [4.69, 9.17) is 4.55 Å². The Balaban J connectivity index is 0.000000177. The number of fused-ring (bicyclic) bond motifs is 1. The molecule has 1 unspecified atom stereocenters. The van der Waals surface area contributed by atoms with E-state index < -0.39 is 10.1 Å². The summed E-state index contributed by atoms with van der Waals surface area (Å²) in [6, 6.07) is 14.3. The normalized spacial score (nSPS) is 15.9. The second-order valence-corrected chi connectivity index (χ2v) is 6.94. The van der Waals surface area contributed by atoms with Crippen molar-refractivity contribution in [3.05, 3.63) is 90.5 Å². The average Bonchev–Trinajstić information content (AvgIpc) is 2.56. The van der Waals surface area contributed by atoms with Crippen LogP contribution in [0.5, 0.6) is 0 Å². The van der Waals surface area contributed by atoms with Gasteiger partial charge in [-0.1, -0.05) is 66.8 Å². The fraction of sp³-hybridized carbons (Fsp3) is 0.100. The molecule has 0 amide bonds. The first-order valence-corrected chi connectivity index (χ1v) is 8.90. The molecule has 1 aliphatic carbocycles. The van der Waals surface area contributed by atoms with E-state index >= 15 is 0 Å². The molecule has 0 saturated carbocycles. The van der Waals surface area contributed by atoms with Gasteiger partial charge in [-0.2, -0.15) is 8.42 Å². The van der Waals surface area contributed by atoms with Gasteiger partial charge in [-0.15, -0.1) is 6.58 Å². The summed E-state index contributed by atoms with van der Waals surface area (Å²) >= 11 is 0. The van der Waals surface area contributed by atoms with Crippen LogP contribution >= 0.6 is 0 Å². The number of aryl methyl sites for hydroxylation is 1. The summed E-state index contributed by atoms with van der Waals surface area (Å²) < 4.78 is 29.6. The molecule has 0 radical (unpaired) electrons. The lowest BCUT2D eigenvalue weighted by molar-refractivity contribution is 0.483. The van der Waals surface area contributed by atoms with Gasteiger partial charge in [-0.3, -0.25) is 4.55 Å². The molecule has 0 saturated heterocycles. The Morgan fingerprint density at radius 1 is 1.08 bits per heavy atom. The van der Waals surface area contributed by atoms with Crippen LogP contribution in [0.3, 0.4) is 0 Å². The highest BCUT2D eigenvalue weighted by Crippen LogP contribution is 2.31. The van der Waals surface area contributed by atoms with Crippen molar-refractivity contribution in [3.63, 3.8) is 0 Å². The molecular formula is C20H20O3S. The molecule has 0 fully saturated rings. The van der Waals surface area contributed by atoms with Gasteiger partial charge in [0.05, 0.1) is 4.90 Å². The lowest BCUT2D eigenvalue weighted by atomic mass is 9.86. The van der Waals surface area contributed by atoms with Crippen molar-refractivity contribution in [2.45, 2.75) is 11.8 Å². The second kappa shape index (κ2) is 7.43. The Morgan fingerprint density at radius 3 is 2.29 bits per heavy atom. The molecule has 1 N–H and O–H groups in total. The standard InChI is InChI=1S/C13H12.C7H8O3S/c1-3-11-8-9-12-6-4-5-7-13(12)10(11)2;1-6-2-4-7(5-3-6)11(8,9)10/h3-9,11H,1-2H2;2-5H,1H3,(H,8,9,10). The Kier molecular flexibility index (Phi) is 5.54. The third-order valence-electron chi connectivity index (χ3n) is 3.77. The third kappa shape index (κ3) is 4.31. The van der Waals surface area contributed by atoms with E-state index in [0.717, 1.165) is 11.1 Å². The molecule has 3 nitrogen and oxygen atoms in total. The summed E-state index contributed by atoms with van der Waals surface area (Å²) in [7, 11) is -4.02. The molecule has 0 spiro atoms. The van der Waals surface area contributed by atoms with Crippen molar-refractivity contribution in [2.75, 3.05) is 0 Å². The number of hydrogen-bond donors (Lipinski definition) is 1. The molecule has 2 aromatic rings. The maximum Gasteiger partial charge on any atom is 0.294 e. The van der Waals surface area contributed by atoms with Gasteiger partial charge in [0, 0.05) is 5.92 Å². The lowest BCUT2D eigenvalue weighted by Crippen LogP contribution is -2.01. The predicted molar refractivity (Wildman–Crippen MR) is 99.2 cm³/mol. The van der Waals surface area contributed by atoms with Crippen LogP contribution in [0, 0.1) is 12.8 Å². The fourth-order valence-electron chi connectivity index (χ4n) is 2.37. The summed E-state index contributed by atoms with van der Waals surface area (Å²) in [6.07, 6.45) is 6.20. The highest BCUT2D eigenvalue weighted by atomic mass is 32.2. The molecule has 4 heteroatoms. The van der Waals surface area contributed by atoms with Crippen molar-refractivity contribution < 1.29 is 13.0 Å². The number of hydrogen-bond acceptors (Lipinski definition) is 2. The summed E-state index contributed by atoms with van der Waals surface area (Å²) in [5.41, 5.74) is 4.60. The van der Waals surface area contributed by atoms with Crippen LogP contribution in [0.1, 0.15) is 16.7 Å². The van der Waals surface area contributed by atoms with E-state index in [-0.39, 0.29) is 4.90 Å². The topological polar surface area (TPSA) is 54.4 Å². The van der Waals surface area contributed by atoms with Gasteiger partial charge in [-0.05, 0) is 35.8 Å². The number of benzene rings is 2. The van der Waals surface area contributed by atoms with E-state index in [0.29, 0.717) is 5.92 Å². The molecule has 0 aliphatic heterocycles. The van der Waals surface area contributed by atoms with Crippen LogP contribution < -0.4 is 0 Å². The van der Waals surface area contributed by atoms with E-state index in [9.17, 15) is 8.42 Å². The van der Waals surface area contributed by atoms with Gasteiger partial charge in [0.15, 0.2) is 0 Å². The van der Waals surface area contributed by atoms with Crippen LogP contribution in [-0.4, -0.2) is 13.0 Å². The van der Waals surface area contributed by atoms with E-state index in [2.05, 4.69) is 37.4 Å². The smallest absolute Gasteiger partial charge is 0.282 e. The Labute approximate surface area is 143 Å². The molecule has 24 heavy (non-hydrogen) atoms. The van der Waals surface area contributed by atoms with Gasteiger partial charge < -0.3 is 0 Å². The first kappa shape index (κ1) is 17.9. The molecule has 2 aromatic carbocycles. The van der Waals surface area contributed by atoms with Gasteiger partial charge >= 0.3 is 0 Å². The monoisotopic (exact) mass is 340 g/mol. The maximum absolute atomic E-state index is 10.5. The third-order valence-corrected chi connectivity index (χ3v) is 4.63. The molecule has 3 rings (SSSR count).